The molecule has 0 bridgehead atoms. The molecule has 2 heterocycles. The Bertz CT molecular complexity index is 493. The Hall–Kier alpha value is -1.23. The molecule has 1 saturated heterocycles. The predicted molar refractivity (Wildman–Crippen MR) is 81.2 cm³/mol. The van der Waals surface area contributed by atoms with Gasteiger partial charge in [0.15, 0.2) is 0 Å². The maximum atomic E-state index is 5.71. The van der Waals surface area contributed by atoms with Gasteiger partial charge in [0.25, 0.3) is 0 Å². The van der Waals surface area contributed by atoms with Gasteiger partial charge in [-0.2, -0.15) is 0 Å². The van der Waals surface area contributed by atoms with Crippen LogP contribution in [0.5, 0.6) is 0 Å². The Balaban J connectivity index is 2.06. The van der Waals surface area contributed by atoms with Crippen molar-refractivity contribution in [2.24, 2.45) is 10.2 Å². The third kappa shape index (κ3) is 4.13. The number of rotatable bonds is 2. The maximum absolute atomic E-state index is 5.71. The first-order chi connectivity index (χ1) is 9.56. The first kappa shape index (κ1) is 15.2. The van der Waals surface area contributed by atoms with Gasteiger partial charge in [-0.25, -0.2) is 0 Å². The van der Waals surface area contributed by atoms with Gasteiger partial charge < -0.3 is 0 Å². The summed E-state index contributed by atoms with van der Waals surface area (Å²) in [5.74, 6) is 0. The predicted octanol–water partition coefficient (Wildman–Crippen LogP) is 1.44. The molecule has 0 aromatic carbocycles. The normalized spacial score (nSPS) is 24.9. The van der Waals surface area contributed by atoms with E-state index in [1.165, 1.54) is 0 Å². The molecule has 20 heavy (non-hydrogen) atoms. The van der Waals surface area contributed by atoms with E-state index in [4.69, 9.17) is 4.74 Å². The molecule has 107 valence electrons. The van der Waals surface area contributed by atoms with Crippen molar-refractivity contribution in [1.29, 1.82) is 0 Å². The molecule has 0 spiro atoms. The Morgan fingerprint density at radius 2 is 2.00 bits per heavy atom. The van der Waals surface area contributed by atoms with Crippen molar-refractivity contribution in [2.75, 3.05) is 13.1 Å². The van der Waals surface area contributed by atoms with Crippen molar-refractivity contribution in [3.8, 4) is 0 Å². The van der Waals surface area contributed by atoms with Crippen LogP contribution in [0.1, 0.15) is 26.5 Å². The molecule has 0 saturated carbocycles. The first-order valence-electron chi connectivity index (χ1n) is 6.67. The minimum absolute atomic E-state index is 0.207. The topological polar surface area (TPSA) is 50.1 Å². The van der Waals surface area contributed by atoms with Gasteiger partial charge in [0.05, 0.1) is 0 Å². The van der Waals surface area contributed by atoms with E-state index in [0.29, 0.717) is 0 Å². The third-order valence-electron chi connectivity index (χ3n) is 3.01. The molecule has 6 heteroatoms. The standard InChI is InChI=1S/C14H19N4OSe/c1-10-8-18(9-11(2)19-10)14(20)17-16-12(3)13-6-4-5-7-15-13/h4-7,10-11H,8-9H2,1-3H3. The summed E-state index contributed by atoms with van der Waals surface area (Å²) in [6.45, 7) is 7.70. The van der Waals surface area contributed by atoms with E-state index >= 15 is 0 Å². The second kappa shape index (κ2) is 6.97. The molecule has 0 N–H and O–H groups in total. The zero-order valence-electron chi connectivity index (χ0n) is 12.0. The van der Waals surface area contributed by atoms with Gasteiger partial charge in [-0.3, -0.25) is 0 Å². The summed E-state index contributed by atoms with van der Waals surface area (Å²) in [6.07, 6.45) is 2.17. The average molecular weight is 338 g/mol. The van der Waals surface area contributed by atoms with E-state index in [0.717, 1.165) is 29.2 Å². The van der Waals surface area contributed by atoms with Crippen molar-refractivity contribution >= 4 is 26.5 Å². The summed E-state index contributed by atoms with van der Waals surface area (Å²) in [6, 6.07) is 5.75. The van der Waals surface area contributed by atoms with Crippen LogP contribution in [0.25, 0.3) is 0 Å². The fraction of sp³-hybridized carbons (Fsp3) is 0.500. The zero-order chi connectivity index (χ0) is 14.5. The Morgan fingerprint density at radius 3 is 2.60 bits per heavy atom. The fourth-order valence-electron chi connectivity index (χ4n) is 2.14. The molecule has 5 nitrogen and oxygen atoms in total. The van der Waals surface area contributed by atoms with Gasteiger partial charge in [0.1, 0.15) is 0 Å². The second-order valence-corrected chi connectivity index (χ2v) is 5.71. The molecule has 0 amide bonds. The van der Waals surface area contributed by atoms with Gasteiger partial charge in [-0.1, -0.05) is 0 Å². The third-order valence-corrected chi connectivity index (χ3v) is 3.72. The second-order valence-electron chi connectivity index (χ2n) is 4.95. The summed E-state index contributed by atoms with van der Waals surface area (Å²) in [4.78, 5) is 6.41. The van der Waals surface area contributed by atoms with Crippen LogP contribution < -0.4 is 0 Å². The van der Waals surface area contributed by atoms with Gasteiger partial charge in [0.2, 0.25) is 0 Å². The van der Waals surface area contributed by atoms with Crippen LogP contribution in [0.4, 0.5) is 0 Å². The molecule has 1 aliphatic heterocycles. The minimum atomic E-state index is 0.207. The molecule has 2 unspecified atom stereocenters. The number of aromatic nitrogens is 1. The number of pyridine rings is 1. The van der Waals surface area contributed by atoms with Gasteiger partial charge in [0, 0.05) is 0 Å². The van der Waals surface area contributed by atoms with E-state index in [9.17, 15) is 0 Å². The van der Waals surface area contributed by atoms with E-state index in [1.807, 2.05) is 25.1 Å². The van der Waals surface area contributed by atoms with Crippen LogP contribution in [0, 0.1) is 0 Å². The van der Waals surface area contributed by atoms with Crippen LogP contribution in [0.2, 0.25) is 0 Å². The van der Waals surface area contributed by atoms with E-state index in [2.05, 4.69) is 49.9 Å². The van der Waals surface area contributed by atoms with Crippen LogP contribution in [-0.4, -0.2) is 61.6 Å². The van der Waals surface area contributed by atoms with Crippen molar-refractivity contribution in [3.63, 3.8) is 0 Å². The van der Waals surface area contributed by atoms with Crippen LogP contribution in [0.3, 0.4) is 0 Å². The molecular formula is C14H19N4OSe. The zero-order valence-corrected chi connectivity index (χ0v) is 13.7. The van der Waals surface area contributed by atoms with Crippen LogP contribution in [-0.2, 0) is 4.74 Å². The Kier molecular flexibility index (Phi) is 5.29. The van der Waals surface area contributed by atoms with Gasteiger partial charge >= 0.3 is 127 Å². The van der Waals surface area contributed by atoms with Crippen molar-refractivity contribution in [3.05, 3.63) is 30.1 Å². The van der Waals surface area contributed by atoms with Crippen molar-refractivity contribution in [2.45, 2.75) is 33.0 Å². The summed E-state index contributed by atoms with van der Waals surface area (Å²) in [7, 11) is 0. The first-order valence-corrected chi connectivity index (χ1v) is 7.53. The molecule has 1 radical (unpaired) electrons. The summed E-state index contributed by atoms with van der Waals surface area (Å²) in [5, 5.41) is 8.52. The quantitative estimate of drug-likeness (QED) is 0.355. The Morgan fingerprint density at radius 1 is 1.30 bits per heavy atom. The number of morpholine rings is 1. The molecule has 2 rings (SSSR count). The summed E-state index contributed by atoms with van der Waals surface area (Å²) < 4.78 is 6.50. The van der Waals surface area contributed by atoms with Crippen molar-refractivity contribution in [1.82, 2.24) is 9.88 Å². The van der Waals surface area contributed by atoms with E-state index in [1.54, 1.807) is 6.20 Å². The molecule has 0 aliphatic carbocycles. The molecule has 1 aromatic rings. The monoisotopic (exact) mass is 339 g/mol. The summed E-state index contributed by atoms with van der Waals surface area (Å²) in [5.41, 5.74) is 1.64. The molecule has 1 aliphatic rings. The summed E-state index contributed by atoms with van der Waals surface area (Å²) >= 11 is 2.99. The molecular weight excluding hydrogens is 319 g/mol. The molecule has 1 fully saturated rings. The van der Waals surface area contributed by atoms with Gasteiger partial charge in [-0.05, 0) is 0 Å². The fourth-order valence-corrected chi connectivity index (χ4v) is 2.54. The van der Waals surface area contributed by atoms with E-state index < -0.39 is 0 Å². The number of ether oxygens (including phenoxy) is 1. The molecule has 2 atom stereocenters. The number of nitrogens with zero attached hydrogens (tertiary/aromatic N) is 4. The van der Waals surface area contributed by atoms with Crippen molar-refractivity contribution < 1.29 is 4.74 Å². The SMILES string of the molecule is CC(=NN=C([Se])N1CC(C)OC(C)C1)c1ccccn1. The Labute approximate surface area is 127 Å². The number of hydrogen-bond donors (Lipinski definition) is 0. The number of hydrogen-bond acceptors (Lipinski definition) is 4. The van der Waals surface area contributed by atoms with Crippen LogP contribution >= 0.6 is 0 Å². The van der Waals surface area contributed by atoms with Gasteiger partial charge in [-0.15, -0.1) is 0 Å². The number of amidine groups is 1. The van der Waals surface area contributed by atoms with Crippen LogP contribution in [0.15, 0.2) is 34.6 Å². The molecule has 1 aromatic heterocycles. The average Bonchev–Trinajstić information content (AvgIpc) is 2.44. The van der Waals surface area contributed by atoms with E-state index in [-0.39, 0.29) is 12.2 Å².